The molecule has 0 radical (unpaired) electrons. The van der Waals surface area contributed by atoms with Gasteiger partial charge in [0.25, 0.3) is 0 Å². The molecule has 0 fully saturated rings. The summed E-state index contributed by atoms with van der Waals surface area (Å²) < 4.78 is 0. The fraction of sp³-hybridized carbons (Fsp3) is 0.0625. The fourth-order valence-corrected chi connectivity index (χ4v) is 11.6. The van der Waals surface area contributed by atoms with Crippen LogP contribution in [0.25, 0.3) is 44.5 Å². The van der Waals surface area contributed by atoms with Gasteiger partial charge in [-0.25, -0.2) is 0 Å². The summed E-state index contributed by atoms with van der Waals surface area (Å²) in [6, 6.07) is 89.9. The van der Waals surface area contributed by atoms with E-state index in [4.69, 9.17) is 0 Å². The molecule has 312 valence electrons. The van der Waals surface area contributed by atoms with E-state index in [-0.39, 0.29) is 5.41 Å². The summed E-state index contributed by atoms with van der Waals surface area (Å²) in [4.78, 5) is 4.86. The van der Waals surface area contributed by atoms with E-state index in [1.54, 1.807) is 0 Å². The maximum atomic E-state index is 2.48. The van der Waals surface area contributed by atoms with Crippen molar-refractivity contribution in [2.45, 2.75) is 24.7 Å². The molecule has 0 saturated heterocycles. The Bertz CT molecular complexity index is 3430. The Balaban J connectivity index is 0.954. The minimum Gasteiger partial charge on any atom is -0.310 e. The van der Waals surface area contributed by atoms with Gasteiger partial charge in [0, 0.05) is 28.2 Å². The van der Waals surface area contributed by atoms with Crippen LogP contribution in [0.15, 0.2) is 243 Å². The standard InChI is InChI=1S/C64H46N2/c1-63(2)58-27-15-16-28-61(58)66(47-19-7-4-8-20-47)62-40-33-46(41-60(62)63)45-31-36-49(37-32-45)65(48-34-29-44(30-35-48)43-17-5-3-6-18-43)50-38-39-54-53-23-11-14-26-57(53)64(59(54)42-50)55-24-12-9-21-51(55)52-22-10-13-25-56(52)64/h3-42H,1-2H3. The van der Waals surface area contributed by atoms with Gasteiger partial charge in [0.1, 0.15) is 0 Å². The number of anilines is 6. The lowest BCUT2D eigenvalue weighted by Gasteiger charge is -2.42. The maximum absolute atomic E-state index is 2.48. The van der Waals surface area contributed by atoms with Gasteiger partial charge < -0.3 is 9.80 Å². The van der Waals surface area contributed by atoms with Gasteiger partial charge in [0.05, 0.1) is 16.8 Å². The molecule has 0 N–H and O–H groups in total. The number of rotatable bonds is 6. The first-order valence-corrected chi connectivity index (χ1v) is 23.1. The molecule has 66 heavy (non-hydrogen) atoms. The molecule has 3 aliphatic rings. The van der Waals surface area contributed by atoms with Crippen LogP contribution in [0.3, 0.4) is 0 Å². The highest BCUT2D eigenvalue weighted by molar-refractivity contribution is 5.96. The molecule has 0 amide bonds. The highest BCUT2D eigenvalue weighted by Crippen LogP contribution is 2.63. The summed E-state index contributed by atoms with van der Waals surface area (Å²) >= 11 is 0. The van der Waals surface area contributed by atoms with Crippen LogP contribution in [-0.2, 0) is 10.8 Å². The van der Waals surface area contributed by atoms with E-state index in [0.717, 1.165) is 17.1 Å². The molecule has 10 aromatic rings. The quantitative estimate of drug-likeness (QED) is 0.165. The normalized spacial score (nSPS) is 14.1. The van der Waals surface area contributed by atoms with Gasteiger partial charge in [-0.1, -0.05) is 190 Å². The van der Waals surface area contributed by atoms with E-state index in [1.165, 1.54) is 95.0 Å². The van der Waals surface area contributed by atoms with Crippen molar-refractivity contribution in [2.24, 2.45) is 0 Å². The van der Waals surface area contributed by atoms with E-state index in [2.05, 4.69) is 266 Å². The lowest BCUT2D eigenvalue weighted by molar-refractivity contribution is 0.632. The Labute approximate surface area is 387 Å². The number of nitrogens with zero attached hydrogens (tertiary/aromatic N) is 2. The van der Waals surface area contributed by atoms with Gasteiger partial charge in [-0.2, -0.15) is 0 Å². The number of para-hydroxylation sites is 2. The molecule has 13 rings (SSSR count). The Morgan fingerprint density at radius 1 is 0.303 bits per heavy atom. The molecule has 0 atom stereocenters. The average molecular weight is 843 g/mol. The highest BCUT2D eigenvalue weighted by Gasteiger charge is 2.51. The molecule has 0 bridgehead atoms. The first-order valence-electron chi connectivity index (χ1n) is 23.1. The minimum absolute atomic E-state index is 0.194. The third-order valence-electron chi connectivity index (χ3n) is 14.7. The lowest BCUT2D eigenvalue weighted by Crippen LogP contribution is -2.30. The van der Waals surface area contributed by atoms with Crippen LogP contribution in [-0.4, -0.2) is 0 Å². The second-order valence-corrected chi connectivity index (χ2v) is 18.5. The van der Waals surface area contributed by atoms with Crippen molar-refractivity contribution in [2.75, 3.05) is 9.80 Å². The first-order chi connectivity index (χ1) is 32.5. The number of hydrogen-bond donors (Lipinski definition) is 0. The average Bonchev–Trinajstić information content (AvgIpc) is 3.85. The minimum atomic E-state index is -0.432. The predicted octanol–water partition coefficient (Wildman–Crippen LogP) is 16.9. The molecule has 10 aromatic carbocycles. The molecule has 2 nitrogen and oxygen atoms in total. The largest absolute Gasteiger partial charge is 0.310 e. The summed E-state index contributed by atoms with van der Waals surface area (Å²) in [5.41, 5.74) is 24.3. The van der Waals surface area contributed by atoms with E-state index in [9.17, 15) is 0 Å². The van der Waals surface area contributed by atoms with Crippen LogP contribution in [0.4, 0.5) is 34.1 Å². The van der Waals surface area contributed by atoms with Gasteiger partial charge >= 0.3 is 0 Å². The molecular formula is C64H46N2. The molecular weight excluding hydrogens is 797 g/mol. The summed E-state index contributed by atoms with van der Waals surface area (Å²) in [6.07, 6.45) is 0. The number of hydrogen-bond acceptors (Lipinski definition) is 2. The Morgan fingerprint density at radius 2 is 0.727 bits per heavy atom. The fourth-order valence-electron chi connectivity index (χ4n) is 11.6. The molecule has 1 heterocycles. The van der Waals surface area contributed by atoms with Crippen LogP contribution in [0.1, 0.15) is 47.2 Å². The van der Waals surface area contributed by atoms with Crippen LogP contribution < -0.4 is 9.80 Å². The monoisotopic (exact) mass is 842 g/mol. The van der Waals surface area contributed by atoms with Crippen molar-refractivity contribution in [1.29, 1.82) is 0 Å². The Hall–Kier alpha value is -8.20. The van der Waals surface area contributed by atoms with E-state index >= 15 is 0 Å². The van der Waals surface area contributed by atoms with Crippen molar-refractivity contribution < 1.29 is 0 Å². The zero-order valence-electron chi connectivity index (χ0n) is 37.0. The molecule has 0 saturated carbocycles. The summed E-state index contributed by atoms with van der Waals surface area (Å²) in [5, 5.41) is 0. The van der Waals surface area contributed by atoms with Crippen LogP contribution >= 0.6 is 0 Å². The summed E-state index contributed by atoms with van der Waals surface area (Å²) in [6.45, 7) is 4.73. The van der Waals surface area contributed by atoms with Gasteiger partial charge in [-0.15, -0.1) is 0 Å². The second kappa shape index (κ2) is 14.7. The van der Waals surface area contributed by atoms with E-state index in [1.807, 2.05) is 0 Å². The number of benzene rings is 10. The maximum Gasteiger partial charge on any atom is 0.0726 e. The van der Waals surface area contributed by atoms with Crippen LogP contribution in [0.2, 0.25) is 0 Å². The molecule has 0 aromatic heterocycles. The number of fused-ring (bicyclic) bond motifs is 12. The first kappa shape index (κ1) is 38.3. The topological polar surface area (TPSA) is 6.48 Å². The molecule has 1 aliphatic heterocycles. The van der Waals surface area contributed by atoms with Gasteiger partial charge in [-0.3, -0.25) is 0 Å². The highest BCUT2D eigenvalue weighted by atomic mass is 15.2. The summed E-state index contributed by atoms with van der Waals surface area (Å²) in [5.74, 6) is 0. The molecule has 2 aliphatic carbocycles. The van der Waals surface area contributed by atoms with E-state index < -0.39 is 5.41 Å². The van der Waals surface area contributed by atoms with Gasteiger partial charge in [0.2, 0.25) is 0 Å². The Kier molecular flexibility index (Phi) is 8.51. The van der Waals surface area contributed by atoms with Crippen molar-refractivity contribution in [1.82, 2.24) is 0 Å². The van der Waals surface area contributed by atoms with Crippen molar-refractivity contribution in [3.63, 3.8) is 0 Å². The van der Waals surface area contributed by atoms with Crippen molar-refractivity contribution >= 4 is 34.1 Å². The van der Waals surface area contributed by atoms with Crippen LogP contribution in [0.5, 0.6) is 0 Å². The van der Waals surface area contributed by atoms with Gasteiger partial charge in [-0.05, 0) is 145 Å². The predicted molar refractivity (Wildman–Crippen MR) is 275 cm³/mol. The van der Waals surface area contributed by atoms with E-state index in [0.29, 0.717) is 0 Å². The van der Waals surface area contributed by atoms with Crippen molar-refractivity contribution in [3.8, 4) is 44.5 Å². The zero-order chi connectivity index (χ0) is 44.0. The van der Waals surface area contributed by atoms with Gasteiger partial charge in [0.15, 0.2) is 0 Å². The smallest absolute Gasteiger partial charge is 0.0726 e. The third kappa shape index (κ3) is 5.55. The van der Waals surface area contributed by atoms with Crippen LogP contribution in [0, 0.1) is 0 Å². The summed E-state index contributed by atoms with van der Waals surface area (Å²) in [7, 11) is 0. The molecule has 1 spiro atoms. The molecule has 2 heteroatoms. The Morgan fingerprint density at radius 3 is 1.32 bits per heavy atom. The zero-order valence-corrected chi connectivity index (χ0v) is 37.0. The lowest BCUT2D eigenvalue weighted by atomic mass is 9.70. The van der Waals surface area contributed by atoms with Crippen molar-refractivity contribution in [3.05, 3.63) is 276 Å². The third-order valence-corrected chi connectivity index (χ3v) is 14.7. The molecule has 0 unspecified atom stereocenters. The SMILES string of the molecule is CC1(C)c2ccccc2N(c2ccccc2)c2ccc(-c3ccc(N(c4ccc(-c5ccccc5)cc4)c4ccc5c(c4)C4(c6ccccc6-c6ccccc64)c4ccccc4-5)cc3)cc21. The second-order valence-electron chi connectivity index (χ2n) is 18.5.